The summed E-state index contributed by atoms with van der Waals surface area (Å²) < 4.78 is 0. The maximum Gasteiger partial charge on any atom is 0.367 e. The Morgan fingerprint density at radius 2 is 2.07 bits per heavy atom. The average Bonchev–Trinajstić information content (AvgIpc) is 2.65. The Kier molecular flexibility index (Phi) is 1.92. The number of nitriles is 1. The zero-order valence-corrected chi connectivity index (χ0v) is 7.14. The van der Waals surface area contributed by atoms with Crippen LogP contribution >= 0.6 is 0 Å². The fraction of sp³-hybridized carbons (Fsp3) is 0. The lowest BCUT2D eigenvalue weighted by Gasteiger charge is -1.98. The van der Waals surface area contributed by atoms with Crippen molar-refractivity contribution in [2.75, 3.05) is 0 Å². The Labute approximate surface area is 80.2 Å². The molecule has 0 aromatic heterocycles. The zero-order valence-electron chi connectivity index (χ0n) is 7.14. The monoisotopic (exact) mass is 183 g/mol. The van der Waals surface area contributed by atoms with Gasteiger partial charge in [-0.2, -0.15) is 15.2 Å². The van der Waals surface area contributed by atoms with Crippen molar-refractivity contribution in [1.82, 2.24) is 0 Å². The third-order valence-electron chi connectivity index (χ3n) is 1.84. The van der Waals surface area contributed by atoms with Crippen LogP contribution in [0.4, 0.5) is 4.79 Å². The second-order valence-corrected chi connectivity index (χ2v) is 2.70. The molecular weight excluding hydrogens is 178 g/mol. The van der Waals surface area contributed by atoms with E-state index in [1.54, 1.807) is 24.3 Å². The molecule has 2 amide bonds. The van der Waals surface area contributed by atoms with Gasteiger partial charge >= 0.3 is 6.03 Å². The molecule has 1 heterocycles. The molecule has 4 nitrogen and oxygen atoms in total. The quantitative estimate of drug-likeness (QED) is 0.662. The van der Waals surface area contributed by atoms with Gasteiger partial charge in [0.25, 0.3) is 0 Å². The number of rotatable bonds is 1. The van der Waals surface area contributed by atoms with Gasteiger partial charge in [-0.05, 0) is 6.07 Å². The molecule has 2 rings (SSSR count). The third-order valence-corrected chi connectivity index (χ3v) is 1.84. The minimum atomic E-state index is -0.521. The molecule has 0 N–H and O–H groups in total. The maximum atomic E-state index is 10.8. The van der Waals surface area contributed by atoms with E-state index in [2.05, 4.69) is 9.98 Å². The first-order chi connectivity index (χ1) is 6.81. The molecule has 0 unspecified atom stereocenters. The lowest BCUT2D eigenvalue weighted by molar-refractivity contribution is 0.257. The van der Waals surface area contributed by atoms with Crippen molar-refractivity contribution >= 4 is 18.0 Å². The zero-order chi connectivity index (χ0) is 9.97. The molecule has 0 aliphatic carbocycles. The summed E-state index contributed by atoms with van der Waals surface area (Å²) in [7, 11) is 0. The first-order valence-electron chi connectivity index (χ1n) is 3.97. The first kappa shape index (κ1) is 8.32. The number of urea groups is 1. The van der Waals surface area contributed by atoms with Crippen LogP contribution < -0.4 is 0 Å². The van der Waals surface area contributed by atoms with E-state index in [1.807, 2.05) is 6.07 Å². The lowest BCUT2D eigenvalue weighted by atomic mass is 10.0. The second kappa shape index (κ2) is 3.23. The molecule has 1 aromatic carbocycles. The van der Waals surface area contributed by atoms with Crippen molar-refractivity contribution < 1.29 is 4.79 Å². The van der Waals surface area contributed by atoms with Crippen molar-refractivity contribution in [2.45, 2.75) is 0 Å². The number of carbonyl (C=O) groups is 1. The Bertz CT molecular complexity index is 494. The molecule has 4 heteroatoms. The molecule has 0 radical (unpaired) electrons. The van der Waals surface area contributed by atoms with Gasteiger partial charge < -0.3 is 0 Å². The minimum Gasteiger partial charge on any atom is -0.244 e. The van der Waals surface area contributed by atoms with E-state index in [1.165, 1.54) is 6.21 Å². The van der Waals surface area contributed by atoms with E-state index in [0.29, 0.717) is 16.8 Å². The fourth-order valence-electron chi connectivity index (χ4n) is 1.21. The van der Waals surface area contributed by atoms with Crippen LogP contribution in [0.2, 0.25) is 0 Å². The summed E-state index contributed by atoms with van der Waals surface area (Å²) in [6.07, 6.45) is 1.37. The maximum absolute atomic E-state index is 10.8. The molecule has 66 valence electrons. The van der Waals surface area contributed by atoms with Crippen LogP contribution in [0.25, 0.3) is 0 Å². The number of hydrogen-bond acceptors (Lipinski definition) is 2. The van der Waals surface area contributed by atoms with Crippen LogP contribution in [0.1, 0.15) is 11.1 Å². The van der Waals surface area contributed by atoms with E-state index >= 15 is 0 Å². The van der Waals surface area contributed by atoms with E-state index in [9.17, 15) is 4.79 Å². The standard InChI is InChI=1S/C10H5N3O/c11-5-7-3-1-2-4-8(7)9-6-12-10(14)13-9/h1-4,6H. The highest BCUT2D eigenvalue weighted by atomic mass is 16.2. The summed E-state index contributed by atoms with van der Waals surface area (Å²) in [6, 6.07) is 8.47. The van der Waals surface area contributed by atoms with Crippen molar-refractivity contribution in [1.29, 1.82) is 5.26 Å². The molecule has 0 bridgehead atoms. The summed E-state index contributed by atoms with van der Waals surface area (Å²) in [4.78, 5) is 17.9. The van der Waals surface area contributed by atoms with Crippen LogP contribution in [0.15, 0.2) is 34.3 Å². The molecule has 14 heavy (non-hydrogen) atoms. The number of carbonyl (C=O) groups excluding carboxylic acids is 1. The van der Waals surface area contributed by atoms with Crippen molar-refractivity contribution in [2.24, 2.45) is 9.98 Å². The second-order valence-electron chi connectivity index (χ2n) is 2.70. The molecule has 0 saturated heterocycles. The Hall–Kier alpha value is -2.28. The van der Waals surface area contributed by atoms with E-state index in [0.717, 1.165) is 0 Å². The van der Waals surface area contributed by atoms with Gasteiger partial charge in [-0.1, -0.05) is 18.2 Å². The van der Waals surface area contributed by atoms with Gasteiger partial charge in [-0.15, -0.1) is 0 Å². The van der Waals surface area contributed by atoms with Crippen LogP contribution in [-0.4, -0.2) is 18.0 Å². The summed E-state index contributed by atoms with van der Waals surface area (Å²) in [6.45, 7) is 0. The highest BCUT2D eigenvalue weighted by molar-refractivity contribution is 6.44. The lowest BCUT2D eigenvalue weighted by Crippen LogP contribution is -2.01. The van der Waals surface area contributed by atoms with Gasteiger partial charge in [0, 0.05) is 5.56 Å². The molecule has 0 fully saturated rings. The SMILES string of the molecule is N#Cc1ccccc1C1=NC(=O)N=C1. The van der Waals surface area contributed by atoms with Crippen LogP contribution in [0.3, 0.4) is 0 Å². The average molecular weight is 183 g/mol. The highest BCUT2D eigenvalue weighted by Gasteiger charge is 2.12. The topological polar surface area (TPSA) is 65.6 Å². The van der Waals surface area contributed by atoms with Gasteiger partial charge in [0.2, 0.25) is 0 Å². The Morgan fingerprint density at radius 3 is 2.71 bits per heavy atom. The molecule has 0 spiro atoms. The summed E-state index contributed by atoms with van der Waals surface area (Å²) >= 11 is 0. The molecule has 1 aliphatic rings. The number of aliphatic imine (C=N–C) groups is 2. The first-order valence-corrected chi connectivity index (χ1v) is 3.97. The van der Waals surface area contributed by atoms with Gasteiger partial charge in [0.15, 0.2) is 0 Å². The largest absolute Gasteiger partial charge is 0.367 e. The van der Waals surface area contributed by atoms with Crippen LogP contribution in [-0.2, 0) is 0 Å². The van der Waals surface area contributed by atoms with Gasteiger partial charge in [-0.25, -0.2) is 4.79 Å². The highest BCUT2D eigenvalue weighted by Crippen LogP contribution is 2.10. The predicted molar refractivity (Wildman–Crippen MR) is 51.6 cm³/mol. The number of benzene rings is 1. The number of hydrogen-bond donors (Lipinski definition) is 0. The predicted octanol–water partition coefficient (Wildman–Crippen LogP) is 1.55. The van der Waals surface area contributed by atoms with Crippen LogP contribution in [0, 0.1) is 11.3 Å². The Balaban J connectivity index is 2.53. The molecule has 1 aliphatic heterocycles. The molecule has 0 saturated carbocycles. The van der Waals surface area contributed by atoms with Gasteiger partial charge in [-0.3, -0.25) is 0 Å². The van der Waals surface area contributed by atoms with E-state index in [4.69, 9.17) is 5.26 Å². The smallest absolute Gasteiger partial charge is 0.244 e. The number of amides is 2. The van der Waals surface area contributed by atoms with E-state index < -0.39 is 6.03 Å². The van der Waals surface area contributed by atoms with Gasteiger partial charge in [0.1, 0.15) is 0 Å². The summed E-state index contributed by atoms with van der Waals surface area (Å²) in [5.41, 5.74) is 1.59. The number of nitrogens with zero attached hydrogens (tertiary/aromatic N) is 3. The molecule has 1 aromatic rings. The van der Waals surface area contributed by atoms with Crippen LogP contribution in [0.5, 0.6) is 0 Å². The summed E-state index contributed by atoms with van der Waals surface area (Å²) in [5.74, 6) is 0. The van der Waals surface area contributed by atoms with Crippen molar-refractivity contribution in [3.8, 4) is 6.07 Å². The Morgan fingerprint density at radius 1 is 1.29 bits per heavy atom. The molecular formula is C10H5N3O. The van der Waals surface area contributed by atoms with Crippen molar-refractivity contribution in [3.63, 3.8) is 0 Å². The summed E-state index contributed by atoms with van der Waals surface area (Å²) in [5, 5.41) is 8.81. The van der Waals surface area contributed by atoms with Gasteiger partial charge in [0.05, 0.1) is 23.6 Å². The molecule has 0 atom stereocenters. The van der Waals surface area contributed by atoms with E-state index in [-0.39, 0.29) is 0 Å². The fourth-order valence-corrected chi connectivity index (χ4v) is 1.21. The van der Waals surface area contributed by atoms with Crippen molar-refractivity contribution in [3.05, 3.63) is 35.4 Å². The third kappa shape index (κ3) is 1.31. The minimum absolute atomic E-state index is 0.451. The normalized spacial score (nSPS) is 13.9.